The summed E-state index contributed by atoms with van der Waals surface area (Å²) >= 11 is 1.56. The zero-order valence-electron chi connectivity index (χ0n) is 15.5. The van der Waals surface area contributed by atoms with Gasteiger partial charge in [0.15, 0.2) is 5.82 Å². The van der Waals surface area contributed by atoms with Gasteiger partial charge >= 0.3 is 6.03 Å². The monoisotopic (exact) mass is 399 g/mol. The summed E-state index contributed by atoms with van der Waals surface area (Å²) < 4.78 is 31.8. The Kier molecular flexibility index (Phi) is 5.73. The molecule has 0 unspecified atom stereocenters. The molecule has 3 heterocycles. The van der Waals surface area contributed by atoms with Crippen LogP contribution in [0.2, 0.25) is 0 Å². The molecular weight excluding hydrogens is 376 g/mol. The molecule has 1 fully saturated rings. The van der Waals surface area contributed by atoms with Crippen molar-refractivity contribution < 1.29 is 18.1 Å². The highest BCUT2D eigenvalue weighted by Gasteiger charge is 2.35. The van der Waals surface area contributed by atoms with Crippen molar-refractivity contribution in [2.24, 2.45) is 13.0 Å². The van der Waals surface area contributed by atoms with Crippen molar-refractivity contribution in [2.75, 3.05) is 18.4 Å². The SMILES string of the molecule is Cn1nc(C(F)F)cc1SC(C)(C)C1CCN(C(=O)Nc2ccon2)CC1. The van der Waals surface area contributed by atoms with Gasteiger partial charge in [0.2, 0.25) is 0 Å². The van der Waals surface area contributed by atoms with Gasteiger partial charge in [-0.25, -0.2) is 13.6 Å². The molecule has 2 aromatic rings. The molecule has 1 aliphatic rings. The first-order valence-corrected chi connectivity index (χ1v) is 9.55. The Morgan fingerprint density at radius 3 is 2.67 bits per heavy atom. The molecule has 27 heavy (non-hydrogen) atoms. The van der Waals surface area contributed by atoms with Gasteiger partial charge < -0.3 is 9.42 Å². The number of urea groups is 1. The van der Waals surface area contributed by atoms with E-state index in [-0.39, 0.29) is 16.5 Å². The number of carbonyl (C=O) groups is 1. The number of nitrogens with zero attached hydrogens (tertiary/aromatic N) is 4. The summed E-state index contributed by atoms with van der Waals surface area (Å²) in [5, 5.41) is 11.0. The van der Waals surface area contributed by atoms with Gasteiger partial charge in [0, 0.05) is 31.0 Å². The van der Waals surface area contributed by atoms with Crippen molar-refractivity contribution in [2.45, 2.75) is 42.9 Å². The first-order valence-electron chi connectivity index (χ1n) is 8.73. The Balaban J connectivity index is 1.57. The van der Waals surface area contributed by atoms with E-state index in [0.29, 0.717) is 24.8 Å². The maximum Gasteiger partial charge on any atom is 0.323 e. The van der Waals surface area contributed by atoms with Crippen molar-refractivity contribution >= 4 is 23.6 Å². The fourth-order valence-corrected chi connectivity index (χ4v) is 4.56. The average molecular weight is 399 g/mol. The van der Waals surface area contributed by atoms with Crippen molar-refractivity contribution in [3.8, 4) is 0 Å². The van der Waals surface area contributed by atoms with Crippen molar-refractivity contribution in [3.05, 3.63) is 24.1 Å². The summed E-state index contributed by atoms with van der Waals surface area (Å²) in [4.78, 5) is 14.0. The highest BCUT2D eigenvalue weighted by atomic mass is 32.2. The smallest absolute Gasteiger partial charge is 0.323 e. The molecule has 0 saturated carbocycles. The van der Waals surface area contributed by atoms with Crippen LogP contribution in [-0.4, -0.2) is 43.7 Å². The molecule has 2 aromatic heterocycles. The van der Waals surface area contributed by atoms with E-state index in [2.05, 4.69) is 29.4 Å². The van der Waals surface area contributed by atoms with Gasteiger partial charge in [-0.1, -0.05) is 19.0 Å². The molecule has 1 aliphatic heterocycles. The average Bonchev–Trinajstić information content (AvgIpc) is 3.25. The van der Waals surface area contributed by atoms with Crippen LogP contribution in [-0.2, 0) is 7.05 Å². The third-order valence-corrected chi connectivity index (χ3v) is 6.34. The van der Waals surface area contributed by atoms with E-state index >= 15 is 0 Å². The molecule has 7 nitrogen and oxygen atoms in total. The zero-order chi connectivity index (χ0) is 19.6. The van der Waals surface area contributed by atoms with Crippen LogP contribution in [0, 0.1) is 5.92 Å². The third-order valence-electron chi connectivity index (χ3n) is 4.89. The molecule has 2 amide bonds. The van der Waals surface area contributed by atoms with E-state index in [1.54, 1.807) is 29.8 Å². The molecular formula is C17H23F2N5O2S. The van der Waals surface area contributed by atoms with E-state index in [1.807, 2.05) is 0 Å². The number of rotatable bonds is 5. The largest absolute Gasteiger partial charge is 0.363 e. The first-order chi connectivity index (χ1) is 12.8. The predicted molar refractivity (Wildman–Crippen MR) is 97.9 cm³/mol. The highest BCUT2D eigenvalue weighted by Crippen LogP contribution is 2.43. The number of carbonyl (C=O) groups excluding carboxylic acids is 1. The lowest BCUT2D eigenvalue weighted by Gasteiger charge is -2.40. The third kappa shape index (κ3) is 4.60. The minimum absolute atomic E-state index is 0.165. The van der Waals surface area contributed by atoms with Crippen molar-refractivity contribution in [3.63, 3.8) is 0 Å². The highest BCUT2D eigenvalue weighted by molar-refractivity contribution is 8.00. The molecule has 0 atom stereocenters. The lowest BCUT2D eigenvalue weighted by atomic mass is 9.86. The zero-order valence-corrected chi connectivity index (χ0v) is 16.3. The van der Waals surface area contributed by atoms with Crippen LogP contribution in [0.1, 0.15) is 38.8 Å². The van der Waals surface area contributed by atoms with Crippen LogP contribution >= 0.6 is 11.8 Å². The summed E-state index contributed by atoms with van der Waals surface area (Å²) in [6.07, 6.45) is 0.511. The van der Waals surface area contributed by atoms with Crippen molar-refractivity contribution in [1.82, 2.24) is 19.8 Å². The summed E-state index contributed by atoms with van der Waals surface area (Å²) in [5.41, 5.74) is -0.199. The quantitative estimate of drug-likeness (QED) is 0.764. The molecule has 0 spiro atoms. The predicted octanol–water partition coefficient (Wildman–Crippen LogP) is 4.16. The van der Waals surface area contributed by atoms with Crippen LogP contribution in [0.3, 0.4) is 0 Å². The van der Waals surface area contributed by atoms with E-state index < -0.39 is 6.43 Å². The second kappa shape index (κ2) is 7.87. The molecule has 0 aliphatic carbocycles. The number of piperidine rings is 1. The number of amides is 2. The van der Waals surface area contributed by atoms with Crippen LogP contribution < -0.4 is 5.32 Å². The van der Waals surface area contributed by atoms with Gasteiger partial charge in [0.1, 0.15) is 12.0 Å². The van der Waals surface area contributed by atoms with Crippen LogP contribution in [0.15, 0.2) is 27.9 Å². The maximum atomic E-state index is 12.9. The summed E-state index contributed by atoms with van der Waals surface area (Å²) in [6, 6.07) is 2.85. The first kappa shape index (κ1) is 19.7. The van der Waals surface area contributed by atoms with Gasteiger partial charge in [-0.05, 0) is 24.8 Å². The number of halogens is 2. The van der Waals surface area contributed by atoms with E-state index in [0.717, 1.165) is 17.9 Å². The molecule has 3 rings (SSSR count). The summed E-state index contributed by atoms with van der Waals surface area (Å²) in [5.74, 6) is 0.743. The minimum Gasteiger partial charge on any atom is -0.363 e. The number of alkyl halides is 2. The van der Waals surface area contributed by atoms with Crippen LogP contribution in [0.25, 0.3) is 0 Å². The molecule has 10 heteroatoms. The van der Waals surface area contributed by atoms with Crippen molar-refractivity contribution in [1.29, 1.82) is 0 Å². The molecule has 1 saturated heterocycles. The number of aromatic nitrogens is 3. The van der Waals surface area contributed by atoms with E-state index in [9.17, 15) is 13.6 Å². The normalized spacial score (nSPS) is 16.1. The van der Waals surface area contributed by atoms with Gasteiger partial charge in [0.05, 0.1) is 5.03 Å². The van der Waals surface area contributed by atoms with Gasteiger partial charge in [-0.3, -0.25) is 10.00 Å². The topological polar surface area (TPSA) is 76.2 Å². The standard InChI is InChI=1S/C17H23F2N5O2S/c1-17(2,27-14-10-12(15(18)19)21-23(14)3)11-4-7-24(8-5-11)16(25)20-13-6-9-26-22-13/h6,9-11,15H,4-5,7-8H2,1-3H3,(H,20,22,25). The Labute approximate surface area is 160 Å². The molecule has 0 bridgehead atoms. The molecule has 0 aromatic carbocycles. The lowest BCUT2D eigenvalue weighted by molar-refractivity contribution is 0.145. The molecule has 1 N–H and O–H groups in total. The summed E-state index contributed by atoms with van der Waals surface area (Å²) in [7, 11) is 1.68. The number of anilines is 1. The molecule has 0 radical (unpaired) electrons. The van der Waals surface area contributed by atoms with Gasteiger partial charge in [-0.2, -0.15) is 5.10 Å². The Hall–Kier alpha value is -2.10. The second-order valence-electron chi connectivity index (χ2n) is 7.11. The Morgan fingerprint density at radius 1 is 1.41 bits per heavy atom. The fourth-order valence-electron chi connectivity index (χ4n) is 3.27. The van der Waals surface area contributed by atoms with Gasteiger partial charge in [-0.15, -0.1) is 11.8 Å². The number of hydrogen-bond donors (Lipinski definition) is 1. The Morgan fingerprint density at radius 2 is 2.11 bits per heavy atom. The number of likely N-dealkylation sites (tertiary alicyclic amines) is 1. The summed E-state index contributed by atoms with van der Waals surface area (Å²) in [6.45, 7) is 5.49. The lowest BCUT2D eigenvalue weighted by Crippen LogP contribution is -2.44. The number of hydrogen-bond acceptors (Lipinski definition) is 5. The minimum atomic E-state index is -2.57. The number of aryl methyl sites for hydroxylation is 1. The number of thioether (sulfide) groups is 1. The van der Waals surface area contributed by atoms with E-state index in [1.165, 1.54) is 17.0 Å². The fraction of sp³-hybridized carbons (Fsp3) is 0.588. The van der Waals surface area contributed by atoms with Crippen LogP contribution in [0.4, 0.5) is 19.4 Å². The molecule has 148 valence electrons. The Bertz CT molecular complexity index is 770. The number of nitrogens with one attached hydrogen (secondary N) is 1. The van der Waals surface area contributed by atoms with Gasteiger partial charge in [0.25, 0.3) is 6.43 Å². The second-order valence-corrected chi connectivity index (χ2v) is 8.79. The maximum absolute atomic E-state index is 12.9. The van der Waals surface area contributed by atoms with E-state index in [4.69, 9.17) is 4.52 Å². The van der Waals surface area contributed by atoms with Crippen LogP contribution in [0.5, 0.6) is 0 Å².